The predicted molar refractivity (Wildman–Crippen MR) is 84.1 cm³/mol. The number of aliphatic carboxylic acids is 1. The van der Waals surface area contributed by atoms with Crippen LogP contribution in [0.25, 0.3) is 0 Å². The number of rotatable bonds is 8. The molecule has 7 nitrogen and oxygen atoms in total. The molecule has 0 unspecified atom stereocenters. The zero-order chi connectivity index (χ0) is 17.7. The molecule has 0 aromatic heterocycles. The zero-order valence-corrected chi connectivity index (χ0v) is 14.1. The first-order valence-corrected chi connectivity index (χ1v) is 8.59. The molecule has 0 heterocycles. The number of methoxy groups -OCH3 is 1. The fourth-order valence-corrected chi connectivity index (χ4v) is 2.78. The van der Waals surface area contributed by atoms with Crippen molar-refractivity contribution < 1.29 is 27.9 Å². The quantitative estimate of drug-likeness (QED) is 0.727. The van der Waals surface area contributed by atoms with Gasteiger partial charge < -0.3 is 15.2 Å². The van der Waals surface area contributed by atoms with Gasteiger partial charge in [0.15, 0.2) is 9.84 Å². The number of carbonyl (C=O) groups excluding carboxylic acids is 1. The van der Waals surface area contributed by atoms with Gasteiger partial charge in [-0.25, -0.2) is 8.42 Å². The molecule has 1 aromatic rings. The SMILES string of the molecule is COCCS(=O)(=O)c1ccc(C(=O)NCC(C)(C)C(=O)O)cc1. The van der Waals surface area contributed by atoms with E-state index in [-0.39, 0.29) is 29.4 Å². The van der Waals surface area contributed by atoms with Gasteiger partial charge in [0.1, 0.15) is 0 Å². The van der Waals surface area contributed by atoms with Crippen LogP contribution in [0.1, 0.15) is 24.2 Å². The molecule has 23 heavy (non-hydrogen) atoms. The highest BCUT2D eigenvalue weighted by molar-refractivity contribution is 7.91. The molecule has 0 aliphatic rings. The molecule has 0 saturated carbocycles. The Morgan fingerprint density at radius 2 is 1.78 bits per heavy atom. The minimum atomic E-state index is -3.45. The van der Waals surface area contributed by atoms with E-state index in [2.05, 4.69) is 5.32 Å². The van der Waals surface area contributed by atoms with E-state index in [9.17, 15) is 18.0 Å². The first kappa shape index (κ1) is 19.1. The third-order valence-corrected chi connectivity index (χ3v) is 5.00. The van der Waals surface area contributed by atoms with Crippen molar-refractivity contribution in [2.45, 2.75) is 18.7 Å². The van der Waals surface area contributed by atoms with Gasteiger partial charge in [-0.15, -0.1) is 0 Å². The molecule has 1 rings (SSSR count). The summed E-state index contributed by atoms with van der Waals surface area (Å²) in [6.45, 7) is 3.06. The lowest BCUT2D eigenvalue weighted by Gasteiger charge is -2.19. The molecule has 1 aromatic carbocycles. The van der Waals surface area contributed by atoms with E-state index in [1.165, 1.54) is 45.2 Å². The fourth-order valence-electron chi connectivity index (χ4n) is 1.60. The molecule has 8 heteroatoms. The summed E-state index contributed by atoms with van der Waals surface area (Å²) in [5, 5.41) is 11.5. The average molecular weight is 343 g/mol. The topological polar surface area (TPSA) is 110 Å². The predicted octanol–water partition coefficient (Wildman–Crippen LogP) is 0.947. The van der Waals surface area contributed by atoms with Gasteiger partial charge in [-0.05, 0) is 38.1 Å². The first-order valence-electron chi connectivity index (χ1n) is 6.93. The van der Waals surface area contributed by atoms with Crippen LogP contribution in [0.2, 0.25) is 0 Å². The summed E-state index contributed by atoms with van der Waals surface area (Å²) in [7, 11) is -2.03. The minimum absolute atomic E-state index is 0.0327. The molecule has 2 N–H and O–H groups in total. The first-order chi connectivity index (χ1) is 10.6. The highest BCUT2D eigenvalue weighted by Crippen LogP contribution is 2.15. The maximum atomic E-state index is 12.0. The number of amides is 1. The summed E-state index contributed by atoms with van der Waals surface area (Å²) >= 11 is 0. The number of ether oxygens (including phenoxy) is 1. The fraction of sp³-hybridized carbons (Fsp3) is 0.467. The van der Waals surface area contributed by atoms with E-state index in [0.29, 0.717) is 0 Å². The Morgan fingerprint density at radius 1 is 1.22 bits per heavy atom. The van der Waals surface area contributed by atoms with Crippen molar-refractivity contribution in [2.75, 3.05) is 26.0 Å². The second kappa shape index (κ2) is 7.56. The summed E-state index contributed by atoms with van der Waals surface area (Å²) in [5.41, 5.74) is -0.823. The van der Waals surface area contributed by atoms with Crippen LogP contribution in [0, 0.1) is 5.41 Å². The van der Waals surface area contributed by atoms with E-state index in [1.54, 1.807) is 0 Å². The molecule has 0 bridgehead atoms. The molecule has 0 aliphatic carbocycles. The summed E-state index contributed by atoms with van der Waals surface area (Å²) in [5.74, 6) is -1.61. The average Bonchev–Trinajstić information content (AvgIpc) is 2.50. The lowest BCUT2D eigenvalue weighted by Crippen LogP contribution is -2.38. The van der Waals surface area contributed by atoms with Gasteiger partial charge in [0.2, 0.25) is 0 Å². The molecule has 1 amide bonds. The van der Waals surface area contributed by atoms with E-state index in [1.807, 2.05) is 0 Å². The van der Waals surface area contributed by atoms with Crippen LogP contribution >= 0.6 is 0 Å². The third kappa shape index (κ3) is 5.33. The van der Waals surface area contributed by atoms with Crippen LogP contribution in [0.3, 0.4) is 0 Å². The summed E-state index contributed by atoms with van der Waals surface area (Å²) < 4.78 is 28.7. The molecule has 0 atom stereocenters. The van der Waals surface area contributed by atoms with Crippen LogP contribution in [-0.4, -0.2) is 51.4 Å². The maximum Gasteiger partial charge on any atom is 0.310 e. The second-order valence-corrected chi connectivity index (χ2v) is 7.82. The normalized spacial score (nSPS) is 12.0. The Hall–Kier alpha value is -1.93. The van der Waals surface area contributed by atoms with Gasteiger partial charge >= 0.3 is 5.97 Å². The Morgan fingerprint density at radius 3 is 2.26 bits per heavy atom. The standard InChI is InChI=1S/C15H21NO6S/c1-15(2,14(18)19)10-16-13(17)11-4-6-12(7-5-11)23(20,21)9-8-22-3/h4-7H,8-10H2,1-3H3,(H,16,17)(H,18,19). The number of benzene rings is 1. The largest absolute Gasteiger partial charge is 0.481 e. The van der Waals surface area contributed by atoms with Crippen molar-refractivity contribution in [1.29, 1.82) is 0 Å². The smallest absolute Gasteiger partial charge is 0.310 e. The maximum absolute atomic E-state index is 12.0. The number of sulfone groups is 1. The van der Waals surface area contributed by atoms with Crippen molar-refractivity contribution in [3.63, 3.8) is 0 Å². The number of carboxylic acid groups (broad SMARTS) is 1. The van der Waals surface area contributed by atoms with Crippen LogP contribution in [-0.2, 0) is 19.4 Å². The van der Waals surface area contributed by atoms with Crippen molar-refractivity contribution in [1.82, 2.24) is 5.32 Å². The minimum Gasteiger partial charge on any atom is -0.481 e. The third-order valence-electron chi connectivity index (χ3n) is 3.30. The highest BCUT2D eigenvalue weighted by Gasteiger charge is 2.27. The summed E-state index contributed by atoms with van der Waals surface area (Å²) in [6.07, 6.45) is 0. The second-order valence-electron chi connectivity index (χ2n) is 5.71. The summed E-state index contributed by atoms with van der Waals surface area (Å²) in [6, 6.07) is 5.48. The number of carboxylic acids is 1. The van der Waals surface area contributed by atoms with Gasteiger partial charge in [-0.2, -0.15) is 0 Å². The van der Waals surface area contributed by atoms with E-state index >= 15 is 0 Å². The van der Waals surface area contributed by atoms with Crippen molar-refractivity contribution >= 4 is 21.7 Å². The lowest BCUT2D eigenvalue weighted by molar-refractivity contribution is -0.146. The molecule has 128 valence electrons. The highest BCUT2D eigenvalue weighted by atomic mass is 32.2. The number of hydrogen-bond donors (Lipinski definition) is 2. The number of carbonyl (C=O) groups is 2. The molecular weight excluding hydrogens is 322 g/mol. The van der Waals surface area contributed by atoms with Crippen molar-refractivity contribution in [3.05, 3.63) is 29.8 Å². The molecule has 0 spiro atoms. The molecule has 0 radical (unpaired) electrons. The molecule has 0 fully saturated rings. The number of hydrogen-bond acceptors (Lipinski definition) is 5. The van der Waals surface area contributed by atoms with Crippen LogP contribution in [0.15, 0.2) is 29.2 Å². The van der Waals surface area contributed by atoms with Gasteiger partial charge in [0.25, 0.3) is 5.91 Å². The van der Waals surface area contributed by atoms with Gasteiger partial charge in [0.05, 0.1) is 22.7 Å². The molecule has 0 aliphatic heterocycles. The van der Waals surface area contributed by atoms with Crippen LogP contribution in [0.5, 0.6) is 0 Å². The van der Waals surface area contributed by atoms with E-state index in [0.717, 1.165) is 0 Å². The Kier molecular flexibility index (Phi) is 6.28. The Balaban J connectivity index is 2.77. The van der Waals surface area contributed by atoms with Crippen molar-refractivity contribution in [2.24, 2.45) is 5.41 Å². The van der Waals surface area contributed by atoms with Crippen LogP contribution < -0.4 is 5.32 Å². The van der Waals surface area contributed by atoms with Crippen LogP contribution in [0.4, 0.5) is 0 Å². The van der Waals surface area contributed by atoms with Gasteiger partial charge in [0, 0.05) is 19.2 Å². The van der Waals surface area contributed by atoms with E-state index in [4.69, 9.17) is 9.84 Å². The van der Waals surface area contributed by atoms with Crippen molar-refractivity contribution in [3.8, 4) is 0 Å². The summed E-state index contributed by atoms with van der Waals surface area (Å²) in [4.78, 5) is 23.1. The number of nitrogens with one attached hydrogen (secondary N) is 1. The Bertz CT molecular complexity index is 664. The zero-order valence-electron chi connectivity index (χ0n) is 13.3. The molecule has 0 saturated heterocycles. The van der Waals surface area contributed by atoms with Gasteiger partial charge in [-0.3, -0.25) is 9.59 Å². The van der Waals surface area contributed by atoms with E-state index < -0.39 is 27.1 Å². The lowest BCUT2D eigenvalue weighted by atomic mass is 9.94. The van der Waals surface area contributed by atoms with Gasteiger partial charge in [-0.1, -0.05) is 0 Å². The monoisotopic (exact) mass is 343 g/mol. The molecular formula is C15H21NO6S. The Labute approximate surface area is 135 Å².